The maximum Gasteiger partial charge on any atom is 0.255 e. The van der Waals surface area contributed by atoms with Gasteiger partial charge in [0.1, 0.15) is 0 Å². The summed E-state index contributed by atoms with van der Waals surface area (Å²) in [5.74, 6) is -0.0495. The van der Waals surface area contributed by atoms with Gasteiger partial charge in [0, 0.05) is 21.4 Å². The average Bonchev–Trinajstić information content (AvgIpc) is 3.16. The Hall–Kier alpha value is -2.14. The van der Waals surface area contributed by atoms with E-state index in [4.69, 9.17) is 0 Å². The molecule has 0 unspecified atom stereocenters. The number of anilines is 2. The predicted molar refractivity (Wildman–Crippen MR) is 97.3 cm³/mol. The van der Waals surface area contributed by atoms with E-state index in [1.807, 2.05) is 30.3 Å². The Bertz CT molecular complexity index is 824. The van der Waals surface area contributed by atoms with E-state index in [0.29, 0.717) is 5.56 Å². The summed E-state index contributed by atoms with van der Waals surface area (Å²) in [6, 6.07) is 12.9. The first-order chi connectivity index (χ1) is 11.6. The highest BCUT2D eigenvalue weighted by Gasteiger charge is 2.48. The van der Waals surface area contributed by atoms with E-state index in [-0.39, 0.29) is 11.8 Å². The van der Waals surface area contributed by atoms with Crippen LogP contribution in [0.3, 0.4) is 0 Å². The standard InChI is InChI=1S/C19H17BrN2O2/c20-13-5-3-12(4-6-13)17(23)21-14-7-8-16-15(11-14)19(18(24)22-16)9-1-2-10-19/h3-8,11H,1-2,9-10H2,(H,21,23)(H,22,24). The fourth-order valence-electron chi connectivity index (χ4n) is 3.77. The average molecular weight is 385 g/mol. The second-order valence-electron chi connectivity index (χ2n) is 6.46. The first-order valence-electron chi connectivity index (χ1n) is 8.11. The van der Waals surface area contributed by atoms with Crippen LogP contribution in [-0.4, -0.2) is 11.8 Å². The molecule has 4 rings (SSSR count). The molecule has 2 amide bonds. The minimum atomic E-state index is -0.395. The van der Waals surface area contributed by atoms with Gasteiger partial charge in [-0.05, 0) is 60.9 Å². The molecule has 0 saturated heterocycles. The molecule has 0 aromatic heterocycles. The van der Waals surface area contributed by atoms with Crippen LogP contribution >= 0.6 is 15.9 Å². The monoisotopic (exact) mass is 384 g/mol. The summed E-state index contributed by atoms with van der Waals surface area (Å²) < 4.78 is 0.935. The minimum Gasteiger partial charge on any atom is -0.325 e. The summed E-state index contributed by atoms with van der Waals surface area (Å²) in [5, 5.41) is 5.93. The number of rotatable bonds is 2. The first-order valence-corrected chi connectivity index (χ1v) is 8.91. The fraction of sp³-hybridized carbons (Fsp3) is 0.263. The zero-order chi connectivity index (χ0) is 16.7. The number of fused-ring (bicyclic) bond motifs is 2. The summed E-state index contributed by atoms with van der Waals surface area (Å²) in [4.78, 5) is 24.8. The SMILES string of the molecule is O=C(Nc1ccc2c(c1)C1(CCCC1)C(=O)N2)c1ccc(Br)cc1. The molecule has 2 aromatic rings. The van der Waals surface area contributed by atoms with Crippen molar-refractivity contribution in [3.63, 3.8) is 0 Å². The van der Waals surface area contributed by atoms with Crippen molar-refractivity contribution in [3.8, 4) is 0 Å². The highest BCUT2D eigenvalue weighted by molar-refractivity contribution is 9.10. The number of carbonyl (C=O) groups is 2. The van der Waals surface area contributed by atoms with Crippen molar-refractivity contribution in [1.82, 2.24) is 0 Å². The van der Waals surface area contributed by atoms with E-state index in [1.54, 1.807) is 12.1 Å². The molecule has 2 aliphatic rings. The van der Waals surface area contributed by atoms with Crippen molar-refractivity contribution in [1.29, 1.82) is 0 Å². The highest BCUT2D eigenvalue weighted by atomic mass is 79.9. The Morgan fingerprint density at radius 2 is 1.79 bits per heavy atom. The molecule has 5 heteroatoms. The van der Waals surface area contributed by atoms with Crippen LogP contribution in [-0.2, 0) is 10.2 Å². The van der Waals surface area contributed by atoms with Crippen molar-refractivity contribution in [2.75, 3.05) is 10.6 Å². The van der Waals surface area contributed by atoms with Crippen LogP contribution in [0, 0.1) is 0 Å². The molecule has 0 radical (unpaired) electrons. The molecule has 0 bridgehead atoms. The molecule has 4 nitrogen and oxygen atoms in total. The van der Waals surface area contributed by atoms with Gasteiger partial charge in [-0.15, -0.1) is 0 Å². The summed E-state index contributed by atoms with van der Waals surface area (Å²) in [6.07, 6.45) is 3.91. The Labute approximate surface area is 148 Å². The van der Waals surface area contributed by atoms with Gasteiger partial charge in [0.25, 0.3) is 5.91 Å². The van der Waals surface area contributed by atoms with Gasteiger partial charge in [-0.2, -0.15) is 0 Å². The molecule has 122 valence electrons. The van der Waals surface area contributed by atoms with Crippen molar-refractivity contribution < 1.29 is 9.59 Å². The van der Waals surface area contributed by atoms with Gasteiger partial charge in [-0.25, -0.2) is 0 Å². The molecule has 24 heavy (non-hydrogen) atoms. The molecule has 1 saturated carbocycles. The molecule has 0 atom stereocenters. The molecule has 1 aliphatic carbocycles. The minimum absolute atomic E-state index is 0.103. The number of carbonyl (C=O) groups excluding carboxylic acids is 2. The van der Waals surface area contributed by atoms with Crippen LogP contribution in [0.1, 0.15) is 41.6 Å². The van der Waals surface area contributed by atoms with Gasteiger partial charge < -0.3 is 10.6 Å². The van der Waals surface area contributed by atoms with E-state index >= 15 is 0 Å². The molecular weight excluding hydrogens is 368 g/mol. The van der Waals surface area contributed by atoms with Crippen LogP contribution in [0.5, 0.6) is 0 Å². The lowest BCUT2D eigenvalue weighted by atomic mass is 9.80. The summed E-state index contributed by atoms with van der Waals surface area (Å²) in [7, 11) is 0. The third-order valence-electron chi connectivity index (χ3n) is 5.04. The van der Waals surface area contributed by atoms with Gasteiger partial charge >= 0.3 is 0 Å². The lowest BCUT2D eigenvalue weighted by molar-refractivity contribution is -0.120. The van der Waals surface area contributed by atoms with E-state index < -0.39 is 5.41 Å². The van der Waals surface area contributed by atoms with Gasteiger partial charge in [0.05, 0.1) is 5.41 Å². The second-order valence-corrected chi connectivity index (χ2v) is 7.38. The van der Waals surface area contributed by atoms with Crippen LogP contribution in [0.15, 0.2) is 46.9 Å². The lowest BCUT2D eigenvalue weighted by Crippen LogP contribution is -2.31. The van der Waals surface area contributed by atoms with E-state index in [9.17, 15) is 9.59 Å². The van der Waals surface area contributed by atoms with Crippen molar-refractivity contribution in [2.45, 2.75) is 31.1 Å². The van der Waals surface area contributed by atoms with Gasteiger partial charge in [0.2, 0.25) is 5.91 Å². The van der Waals surface area contributed by atoms with Crippen molar-refractivity contribution >= 4 is 39.1 Å². The van der Waals surface area contributed by atoms with Crippen LogP contribution < -0.4 is 10.6 Å². The van der Waals surface area contributed by atoms with Crippen LogP contribution in [0.25, 0.3) is 0 Å². The molecule has 2 aromatic carbocycles. The Morgan fingerprint density at radius 1 is 1.08 bits per heavy atom. The lowest BCUT2D eigenvalue weighted by Gasteiger charge is -2.21. The third-order valence-corrected chi connectivity index (χ3v) is 5.57. The van der Waals surface area contributed by atoms with E-state index in [0.717, 1.165) is 47.1 Å². The predicted octanol–water partition coefficient (Wildman–Crippen LogP) is 4.47. The normalized spacial score (nSPS) is 17.6. The van der Waals surface area contributed by atoms with E-state index in [2.05, 4.69) is 26.6 Å². The number of nitrogens with one attached hydrogen (secondary N) is 2. The summed E-state index contributed by atoms with van der Waals surface area (Å²) >= 11 is 3.36. The number of halogens is 1. The maximum atomic E-state index is 12.4. The molecule has 1 spiro atoms. The molecule has 2 N–H and O–H groups in total. The fourth-order valence-corrected chi connectivity index (χ4v) is 4.04. The van der Waals surface area contributed by atoms with Crippen LogP contribution in [0.2, 0.25) is 0 Å². The zero-order valence-electron chi connectivity index (χ0n) is 13.1. The van der Waals surface area contributed by atoms with Crippen LogP contribution in [0.4, 0.5) is 11.4 Å². The number of hydrogen-bond acceptors (Lipinski definition) is 2. The Morgan fingerprint density at radius 3 is 2.50 bits per heavy atom. The van der Waals surface area contributed by atoms with Crippen molar-refractivity contribution in [2.24, 2.45) is 0 Å². The first kappa shape index (κ1) is 15.4. The highest BCUT2D eigenvalue weighted by Crippen LogP contribution is 2.49. The molecule has 1 heterocycles. The second kappa shape index (κ2) is 5.74. The quantitative estimate of drug-likeness (QED) is 0.802. The summed E-state index contributed by atoms with van der Waals surface area (Å²) in [5.41, 5.74) is 2.84. The zero-order valence-corrected chi connectivity index (χ0v) is 14.7. The molecule has 1 aliphatic heterocycles. The van der Waals surface area contributed by atoms with Gasteiger partial charge in [-0.1, -0.05) is 28.8 Å². The maximum absolute atomic E-state index is 12.4. The largest absolute Gasteiger partial charge is 0.325 e. The Kier molecular flexibility index (Phi) is 3.68. The smallest absolute Gasteiger partial charge is 0.255 e. The number of amides is 2. The van der Waals surface area contributed by atoms with Gasteiger partial charge in [0.15, 0.2) is 0 Å². The Balaban J connectivity index is 1.62. The topological polar surface area (TPSA) is 58.2 Å². The number of benzene rings is 2. The van der Waals surface area contributed by atoms with Gasteiger partial charge in [-0.3, -0.25) is 9.59 Å². The molecular formula is C19H17BrN2O2. The van der Waals surface area contributed by atoms with E-state index in [1.165, 1.54) is 0 Å². The van der Waals surface area contributed by atoms with Crippen molar-refractivity contribution in [3.05, 3.63) is 58.1 Å². The third kappa shape index (κ3) is 2.44. The number of hydrogen-bond donors (Lipinski definition) is 2. The summed E-state index contributed by atoms with van der Waals surface area (Å²) in [6.45, 7) is 0. The molecule has 1 fully saturated rings.